The van der Waals surface area contributed by atoms with Crippen molar-refractivity contribution in [2.75, 3.05) is 60.0 Å². The monoisotopic (exact) mass is 227 g/mol. The average Bonchev–Trinajstić information content (AvgIpc) is 2.30. The quantitative estimate of drug-likeness (QED) is 0.581. The minimum absolute atomic E-state index is 0.0721. The SMILES string of the molecule is CN1CCN(C(=O)[C@H]2COCCN2C)CC1. The van der Waals surface area contributed by atoms with E-state index < -0.39 is 0 Å². The van der Waals surface area contributed by atoms with Gasteiger partial charge in [-0.25, -0.2) is 0 Å². The fraction of sp³-hybridized carbons (Fsp3) is 0.909. The van der Waals surface area contributed by atoms with Crippen LogP contribution in [0.3, 0.4) is 0 Å². The van der Waals surface area contributed by atoms with Gasteiger partial charge in [-0.1, -0.05) is 0 Å². The molecule has 1 atom stereocenters. The fourth-order valence-corrected chi connectivity index (χ4v) is 2.18. The summed E-state index contributed by atoms with van der Waals surface area (Å²) in [7, 11) is 4.10. The summed E-state index contributed by atoms with van der Waals surface area (Å²) in [5.41, 5.74) is 0. The Balaban J connectivity index is 1.90. The van der Waals surface area contributed by atoms with E-state index in [4.69, 9.17) is 4.74 Å². The van der Waals surface area contributed by atoms with Crippen molar-refractivity contribution >= 4 is 5.91 Å². The molecule has 2 aliphatic rings. The normalized spacial score (nSPS) is 29.4. The molecule has 2 saturated heterocycles. The summed E-state index contributed by atoms with van der Waals surface area (Å²) >= 11 is 0. The van der Waals surface area contributed by atoms with Gasteiger partial charge in [0.1, 0.15) is 6.04 Å². The molecule has 0 radical (unpaired) electrons. The summed E-state index contributed by atoms with van der Waals surface area (Å²) in [6, 6.07) is -0.0721. The summed E-state index contributed by atoms with van der Waals surface area (Å²) in [6.07, 6.45) is 0. The maximum atomic E-state index is 12.3. The summed E-state index contributed by atoms with van der Waals surface area (Å²) in [5, 5.41) is 0. The molecule has 2 rings (SSSR count). The molecule has 0 spiro atoms. The van der Waals surface area contributed by atoms with Crippen molar-refractivity contribution in [3.8, 4) is 0 Å². The number of rotatable bonds is 1. The lowest BCUT2D eigenvalue weighted by Gasteiger charge is -2.38. The molecule has 1 amide bonds. The first-order chi connectivity index (χ1) is 7.68. The highest BCUT2D eigenvalue weighted by molar-refractivity contribution is 5.82. The second-order valence-corrected chi connectivity index (χ2v) is 4.70. The van der Waals surface area contributed by atoms with Gasteiger partial charge in [-0.3, -0.25) is 9.69 Å². The molecule has 0 bridgehead atoms. The van der Waals surface area contributed by atoms with E-state index >= 15 is 0 Å². The van der Waals surface area contributed by atoms with E-state index in [1.54, 1.807) is 0 Å². The number of amides is 1. The summed E-state index contributed by atoms with van der Waals surface area (Å²) in [6.45, 7) is 5.78. The number of hydrogen-bond acceptors (Lipinski definition) is 4. The Morgan fingerprint density at radius 1 is 1.12 bits per heavy atom. The van der Waals surface area contributed by atoms with Gasteiger partial charge in [-0.15, -0.1) is 0 Å². The molecule has 5 nitrogen and oxygen atoms in total. The van der Waals surface area contributed by atoms with Crippen molar-refractivity contribution in [2.45, 2.75) is 6.04 Å². The molecule has 16 heavy (non-hydrogen) atoms. The first kappa shape index (κ1) is 11.8. The number of nitrogens with zero attached hydrogens (tertiary/aromatic N) is 3. The second kappa shape index (κ2) is 5.12. The van der Waals surface area contributed by atoms with Gasteiger partial charge in [0.15, 0.2) is 0 Å². The topological polar surface area (TPSA) is 36.0 Å². The Kier molecular flexibility index (Phi) is 3.78. The Bertz CT molecular complexity index is 252. The third-order valence-electron chi connectivity index (χ3n) is 3.50. The fourth-order valence-electron chi connectivity index (χ4n) is 2.18. The lowest BCUT2D eigenvalue weighted by molar-refractivity contribution is -0.143. The first-order valence-electron chi connectivity index (χ1n) is 5.94. The van der Waals surface area contributed by atoms with Crippen LogP contribution in [0.4, 0.5) is 0 Å². The van der Waals surface area contributed by atoms with Crippen LogP contribution in [0.25, 0.3) is 0 Å². The van der Waals surface area contributed by atoms with E-state index in [1.807, 2.05) is 11.9 Å². The number of likely N-dealkylation sites (N-methyl/N-ethyl adjacent to an activating group) is 2. The van der Waals surface area contributed by atoms with E-state index in [2.05, 4.69) is 16.8 Å². The van der Waals surface area contributed by atoms with E-state index in [9.17, 15) is 4.79 Å². The van der Waals surface area contributed by atoms with Crippen molar-refractivity contribution < 1.29 is 9.53 Å². The molecular weight excluding hydrogens is 206 g/mol. The van der Waals surface area contributed by atoms with Crippen LogP contribution < -0.4 is 0 Å². The van der Waals surface area contributed by atoms with Gasteiger partial charge >= 0.3 is 0 Å². The molecule has 0 N–H and O–H groups in total. The molecule has 0 aromatic heterocycles. The molecule has 2 fully saturated rings. The molecule has 2 aliphatic heterocycles. The van der Waals surface area contributed by atoms with Crippen LogP contribution in [0.15, 0.2) is 0 Å². The average molecular weight is 227 g/mol. The maximum Gasteiger partial charge on any atom is 0.242 e. The van der Waals surface area contributed by atoms with Crippen molar-refractivity contribution in [3.05, 3.63) is 0 Å². The van der Waals surface area contributed by atoms with Gasteiger partial charge in [0.2, 0.25) is 5.91 Å². The third kappa shape index (κ3) is 2.53. The first-order valence-corrected chi connectivity index (χ1v) is 5.94. The van der Waals surface area contributed by atoms with Gasteiger partial charge in [0.05, 0.1) is 13.2 Å². The summed E-state index contributed by atoms with van der Waals surface area (Å²) < 4.78 is 5.39. The molecule has 0 saturated carbocycles. The Hall–Kier alpha value is -0.650. The van der Waals surface area contributed by atoms with Gasteiger partial charge in [0, 0.05) is 32.7 Å². The lowest BCUT2D eigenvalue weighted by atomic mass is 10.2. The van der Waals surface area contributed by atoms with Gasteiger partial charge in [-0.2, -0.15) is 0 Å². The largest absolute Gasteiger partial charge is 0.378 e. The van der Waals surface area contributed by atoms with Crippen LogP contribution in [0.1, 0.15) is 0 Å². The van der Waals surface area contributed by atoms with Gasteiger partial charge in [0.25, 0.3) is 0 Å². The second-order valence-electron chi connectivity index (χ2n) is 4.70. The number of carbonyl (C=O) groups is 1. The van der Waals surface area contributed by atoms with Crippen molar-refractivity contribution in [1.29, 1.82) is 0 Å². The minimum atomic E-state index is -0.0721. The smallest absolute Gasteiger partial charge is 0.242 e. The molecule has 0 unspecified atom stereocenters. The van der Waals surface area contributed by atoms with E-state index in [1.165, 1.54) is 0 Å². The highest BCUT2D eigenvalue weighted by Gasteiger charge is 2.31. The van der Waals surface area contributed by atoms with Crippen molar-refractivity contribution in [1.82, 2.24) is 14.7 Å². The Morgan fingerprint density at radius 3 is 2.44 bits per heavy atom. The third-order valence-corrected chi connectivity index (χ3v) is 3.50. The molecular formula is C11H21N3O2. The molecule has 0 aromatic carbocycles. The van der Waals surface area contributed by atoms with E-state index in [0.717, 1.165) is 39.3 Å². The van der Waals surface area contributed by atoms with E-state index in [0.29, 0.717) is 6.61 Å². The predicted molar refractivity (Wildman–Crippen MR) is 61.3 cm³/mol. The molecule has 5 heteroatoms. The predicted octanol–water partition coefficient (Wildman–Crippen LogP) is -0.909. The highest BCUT2D eigenvalue weighted by Crippen LogP contribution is 2.09. The molecule has 92 valence electrons. The van der Waals surface area contributed by atoms with Crippen LogP contribution in [-0.2, 0) is 9.53 Å². The Morgan fingerprint density at radius 2 is 1.81 bits per heavy atom. The van der Waals surface area contributed by atoms with Crippen LogP contribution in [-0.4, -0.2) is 86.7 Å². The van der Waals surface area contributed by atoms with Crippen LogP contribution in [0.2, 0.25) is 0 Å². The number of piperazine rings is 1. The maximum absolute atomic E-state index is 12.3. The van der Waals surface area contributed by atoms with Crippen molar-refractivity contribution in [2.24, 2.45) is 0 Å². The van der Waals surface area contributed by atoms with Gasteiger partial charge < -0.3 is 14.5 Å². The number of carbonyl (C=O) groups excluding carboxylic acids is 1. The van der Waals surface area contributed by atoms with Crippen LogP contribution in [0, 0.1) is 0 Å². The van der Waals surface area contributed by atoms with Crippen molar-refractivity contribution in [3.63, 3.8) is 0 Å². The Labute approximate surface area is 96.9 Å². The highest BCUT2D eigenvalue weighted by atomic mass is 16.5. The van der Waals surface area contributed by atoms with Crippen LogP contribution >= 0.6 is 0 Å². The standard InChI is InChI=1S/C11H21N3O2/c1-12-3-5-14(6-4-12)11(15)10-9-16-8-7-13(10)2/h10H,3-9H2,1-2H3/t10-/m1/s1. The zero-order chi connectivity index (χ0) is 11.5. The summed E-state index contributed by atoms with van der Waals surface area (Å²) in [5.74, 6) is 0.232. The van der Waals surface area contributed by atoms with Crippen LogP contribution in [0.5, 0.6) is 0 Å². The molecule has 0 aromatic rings. The number of morpholine rings is 1. The molecule has 0 aliphatic carbocycles. The number of ether oxygens (including phenoxy) is 1. The zero-order valence-corrected chi connectivity index (χ0v) is 10.2. The zero-order valence-electron chi connectivity index (χ0n) is 10.2. The van der Waals surface area contributed by atoms with Gasteiger partial charge in [-0.05, 0) is 14.1 Å². The summed E-state index contributed by atoms with van der Waals surface area (Å²) in [4.78, 5) is 18.6. The minimum Gasteiger partial charge on any atom is -0.378 e. The lowest BCUT2D eigenvalue weighted by Crippen LogP contribution is -2.57. The molecule has 2 heterocycles. The number of hydrogen-bond donors (Lipinski definition) is 0. The van der Waals surface area contributed by atoms with E-state index in [-0.39, 0.29) is 11.9 Å².